The number of hydrogen-bond acceptors (Lipinski definition) is 5. The zero-order valence-corrected chi connectivity index (χ0v) is 17.2. The van der Waals surface area contributed by atoms with Crippen molar-refractivity contribution in [2.45, 2.75) is 38.6 Å². The van der Waals surface area contributed by atoms with Crippen molar-refractivity contribution in [1.29, 1.82) is 0 Å². The Hall–Kier alpha value is -0.300. The van der Waals surface area contributed by atoms with Crippen molar-refractivity contribution in [2.75, 3.05) is 71.5 Å². The van der Waals surface area contributed by atoms with Crippen LogP contribution in [0.1, 0.15) is 32.6 Å². The van der Waals surface area contributed by atoms with Crippen LogP contribution in [-0.2, 0) is 9.53 Å². The van der Waals surface area contributed by atoms with E-state index < -0.39 is 0 Å². The first kappa shape index (κ1) is 21.0. The molecule has 0 aromatic heterocycles. The summed E-state index contributed by atoms with van der Waals surface area (Å²) in [5.41, 5.74) is 0. The maximum Gasteiger partial charge on any atom is 0.232 e. The van der Waals surface area contributed by atoms with Crippen LogP contribution in [0.15, 0.2) is 0 Å². The summed E-state index contributed by atoms with van der Waals surface area (Å²) >= 11 is 1.65. The number of methoxy groups -OCH3 is 1. The average Bonchev–Trinajstić information content (AvgIpc) is 3.08. The molecule has 0 N–H and O–H groups in total. The minimum absolute atomic E-state index is 0.331. The fourth-order valence-electron chi connectivity index (χ4n) is 4.19. The Labute approximate surface area is 158 Å². The highest BCUT2D eigenvalue weighted by molar-refractivity contribution is 7.99. The molecular formula is C19H37N3O2S. The number of carbonyl (C=O) groups is 1. The van der Waals surface area contributed by atoms with Gasteiger partial charge in [0.25, 0.3) is 0 Å². The van der Waals surface area contributed by atoms with Crippen LogP contribution in [0.25, 0.3) is 0 Å². The molecule has 5 nitrogen and oxygen atoms in total. The minimum Gasteiger partial charge on any atom is -0.383 e. The van der Waals surface area contributed by atoms with E-state index in [0.29, 0.717) is 23.6 Å². The highest BCUT2D eigenvalue weighted by Gasteiger charge is 2.29. The van der Waals surface area contributed by atoms with Crippen molar-refractivity contribution in [3.05, 3.63) is 0 Å². The summed E-state index contributed by atoms with van der Waals surface area (Å²) in [5.74, 6) is 1.60. The van der Waals surface area contributed by atoms with Crippen molar-refractivity contribution in [2.24, 2.45) is 5.92 Å². The maximum atomic E-state index is 12.7. The lowest BCUT2D eigenvalue weighted by Crippen LogP contribution is -2.47. The van der Waals surface area contributed by atoms with Crippen LogP contribution in [0, 0.1) is 5.92 Å². The molecule has 1 amide bonds. The molecule has 0 saturated carbocycles. The predicted octanol–water partition coefficient (Wildman–Crippen LogP) is 2.02. The van der Waals surface area contributed by atoms with Gasteiger partial charge < -0.3 is 14.5 Å². The lowest BCUT2D eigenvalue weighted by atomic mass is 9.96. The fourth-order valence-corrected chi connectivity index (χ4v) is 4.62. The van der Waals surface area contributed by atoms with E-state index in [0.717, 1.165) is 45.9 Å². The highest BCUT2D eigenvalue weighted by atomic mass is 32.2. The summed E-state index contributed by atoms with van der Waals surface area (Å²) in [4.78, 5) is 19.9. The number of nitrogens with zero attached hydrogens (tertiary/aromatic N) is 3. The van der Waals surface area contributed by atoms with Crippen LogP contribution in [0.3, 0.4) is 0 Å². The van der Waals surface area contributed by atoms with E-state index in [-0.39, 0.29) is 0 Å². The molecule has 0 bridgehead atoms. The van der Waals surface area contributed by atoms with Crippen LogP contribution >= 0.6 is 11.8 Å². The van der Waals surface area contributed by atoms with Crippen molar-refractivity contribution in [3.63, 3.8) is 0 Å². The third kappa shape index (κ3) is 6.74. The smallest absolute Gasteiger partial charge is 0.232 e. The van der Waals surface area contributed by atoms with Gasteiger partial charge in [-0.05, 0) is 64.0 Å². The fraction of sp³-hybridized carbons (Fsp3) is 0.947. The Morgan fingerprint density at radius 3 is 2.60 bits per heavy atom. The molecule has 1 atom stereocenters. The molecule has 0 aromatic rings. The Morgan fingerprint density at radius 2 is 1.96 bits per heavy atom. The van der Waals surface area contributed by atoms with Crippen molar-refractivity contribution >= 4 is 17.7 Å². The molecule has 2 aliphatic rings. The number of amides is 1. The van der Waals surface area contributed by atoms with E-state index in [9.17, 15) is 4.79 Å². The number of thioether (sulfide) groups is 1. The zero-order valence-electron chi connectivity index (χ0n) is 16.4. The quantitative estimate of drug-likeness (QED) is 0.587. The molecule has 2 saturated heterocycles. The molecule has 2 aliphatic heterocycles. The van der Waals surface area contributed by atoms with Gasteiger partial charge in [0.1, 0.15) is 0 Å². The molecule has 2 heterocycles. The molecule has 6 heteroatoms. The van der Waals surface area contributed by atoms with Crippen LogP contribution < -0.4 is 0 Å². The van der Waals surface area contributed by atoms with Gasteiger partial charge in [0.15, 0.2) is 0 Å². The third-order valence-electron chi connectivity index (χ3n) is 5.75. The number of carbonyl (C=O) groups excluding carboxylic acids is 1. The summed E-state index contributed by atoms with van der Waals surface area (Å²) in [6, 6.07) is 0.567. The third-order valence-corrected chi connectivity index (χ3v) is 6.29. The van der Waals surface area contributed by atoms with Gasteiger partial charge in [-0.2, -0.15) is 11.8 Å². The monoisotopic (exact) mass is 371 g/mol. The van der Waals surface area contributed by atoms with Crippen molar-refractivity contribution in [1.82, 2.24) is 14.7 Å². The molecule has 0 unspecified atom stereocenters. The van der Waals surface area contributed by atoms with Crippen LogP contribution in [0.4, 0.5) is 0 Å². The Morgan fingerprint density at radius 1 is 1.20 bits per heavy atom. The average molecular weight is 372 g/mol. The summed E-state index contributed by atoms with van der Waals surface area (Å²) < 4.78 is 5.19. The normalized spacial score (nSPS) is 23.2. The topological polar surface area (TPSA) is 36.0 Å². The largest absolute Gasteiger partial charge is 0.383 e. The van der Waals surface area contributed by atoms with Gasteiger partial charge in [-0.1, -0.05) is 6.92 Å². The molecule has 0 aliphatic carbocycles. The number of rotatable bonds is 10. The van der Waals surface area contributed by atoms with Gasteiger partial charge in [-0.25, -0.2) is 0 Å². The second-order valence-electron chi connectivity index (χ2n) is 7.43. The van der Waals surface area contributed by atoms with Crippen LogP contribution in [0.2, 0.25) is 0 Å². The summed E-state index contributed by atoms with van der Waals surface area (Å²) in [5, 5.41) is 0. The minimum atomic E-state index is 0.331. The Kier molecular flexibility index (Phi) is 9.60. The van der Waals surface area contributed by atoms with Crippen molar-refractivity contribution < 1.29 is 9.53 Å². The first-order valence-electron chi connectivity index (χ1n) is 9.90. The van der Waals surface area contributed by atoms with Gasteiger partial charge in [-0.15, -0.1) is 0 Å². The van der Waals surface area contributed by atoms with E-state index >= 15 is 0 Å². The Balaban J connectivity index is 1.85. The molecular weight excluding hydrogens is 334 g/mol. The molecule has 0 radical (unpaired) electrons. The second-order valence-corrected chi connectivity index (χ2v) is 8.30. The SMILES string of the molecule is CCN1CCC[C@@H]1CN(CC1CCN(CCOC)CC1)C(=O)CSC. The van der Waals surface area contributed by atoms with Gasteiger partial charge in [0, 0.05) is 32.8 Å². The number of piperidine rings is 1. The number of ether oxygens (including phenoxy) is 1. The van der Waals surface area contributed by atoms with E-state index in [4.69, 9.17) is 4.74 Å². The lowest BCUT2D eigenvalue weighted by molar-refractivity contribution is -0.130. The molecule has 2 fully saturated rings. The van der Waals surface area contributed by atoms with E-state index in [1.54, 1.807) is 18.9 Å². The van der Waals surface area contributed by atoms with E-state index in [1.165, 1.54) is 32.2 Å². The van der Waals surface area contributed by atoms with E-state index in [2.05, 4.69) is 21.6 Å². The van der Waals surface area contributed by atoms with Crippen LogP contribution in [-0.4, -0.2) is 98.2 Å². The Bertz CT molecular complexity index is 389. The number of hydrogen-bond donors (Lipinski definition) is 0. The summed E-state index contributed by atoms with van der Waals surface area (Å²) in [7, 11) is 1.77. The second kappa shape index (κ2) is 11.4. The summed E-state index contributed by atoms with van der Waals surface area (Å²) in [6.07, 6.45) is 6.95. The standard InChI is InChI=1S/C19H37N3O2S/c1-4-21-9-5-6-18(21)15-22(19(23)16-25-3)14-17-7-10-20(11-8-17)12-13-24-2/h17-18H,4-16H2,1-3H3/t18-/m1/s1. The van der Waals surface area contributed by atoms with Gasteiger partial charge >= 0.3 is 0 Å². The highest BCUT2D eigenvalue weighted by Crippen LogP contribution is 2.22. The van der Waals surface area contributed by atoms with Crippen molar-refractivity contribution in [3.8, 4) is 0 Å². The van der Waals surface area contributed by atoms with Gasteiger partial charge in [0.05, 0.1) is 12.4 Å². The lowest BCUT2D eigenvalue weighted by Gasteiger charge is -2.36. The molecule has 146 valence electrons. The first-order chi connectivity index (χ1) is 12.2. The maximum absolute atomic E-state index is 12.7. The van der Waals surface area contributed by atoms with E-state index in [1.807, 2.05) is 6.26 Å². The number of likely N-dealkylation sites (tertiary alicyclic amines) is 2. The molecule has 0 spiro atoms. The molecule has 2 rings (SSSR count). The molecule has 25 heavy (non-hydrogen) atoms. The van der Waals surface area contributed by atoms with Gasteiger partial charge in [-0.3, -0.25) is 9.69 Å². The summed E-state index contributed by atoms with van der Waals surface area (Å²) in [6.45, 7) is 10.6. The molecule has 0 aromatic carbocycles. The zero-order chi connectivity index (χ0) is 18.1. The van der Waals surface area contributed by atoms with Gasteiger partial charge in [0.2, 0.25) is 5.91 Å². The predicted molar refractivity (Wildman–Crippen MR) is 106 cm³/mol. The van der Waals surface area contributed by atoms with Crippen LogP contribution in [0.5, 0.6) is 0 Å². The number of likely N-dealkylation sites (N-methyl/N-ethyl adjacent to an activating group) is 1. The first-order valence-corrected chi connectivity index (χ1v) is 11.3.